The van der Waals surface area contributed by atoms with Gasteiger partial charge in [-0.15, -0.1) is 0 Å². The average molecular weight is 444 g/mol. The number of rotatable bonds is 4. The van der Waals surface area contributed by atoms with Crippen molar-refractivity contribution in [3.63, 3.8) is 0 Å². The molecule has 0 aliphatic carbocycles. The molecule has 0 radical (unpaired) electrons. The molecule has 2 aromatic rings. The van der Waals surface area contributed by atoms with Crippen molar-refractivity contribution in [2.24, 2.45) is 0 Å². The molecule has 0 atom stereocenters. The van der Waals surface area contributed by atoms with Crippen LogP contribution in [0, 0.1) is 6.92 Å². The quantitative estimate of drug-likeness (QED) is 0.507. The number of para-hydroxylation sites is 1. The van der Waals surface area contributed by atoms with Crippen molar-refractivity contribution in [1.29, 1.82) is 0 Å². The van der Waals surface area contributed by atoms with Gasteiger partial charge in [-0.25, -0.2) is 0 Å². The molecule has 4 nitrogen and oxygen atoms in total. The van der Waals surface area contributed by atoms with Crippen LogP contribution in [0.4, 0.5) is 5.69 Å². The predicted octanol–water partition coefficient (Wildman–Crippen LogP) is 4.63. The first-order chi connectivity index (χ1) is 14.0. The van der Waals surface area contributed by atoms with Crippen LogP contribution in [0.3, 0.4) is 0 Å². The number of aryl methyl sites for hydroxylation is 1. The molecular weight excluding hydrogens is 422 g/mol. The molecule has 29 heavy (non-hydrogen) atoms. The fourth-order valence-corrected chi connectivity index (χ4v) is 4.95. The van der Waals surface area contributed by atoms with E-state index in [0.29, 0.717) is 20.9 Å². The molecule has 1 amide bonds. The minimum absolute atomic E-state index is 0.0173. The van der Waals surface area contributed by atoms with Gasteiger partial charge in [-0.3, -0.25) is 14.6 Å². The van der Waals surface area contributed by atoms with Crippen molar-refractivity contribution in [3.05, 3.63) is 69.6 Å². The number of carbonyl (C=O) groups excluding carboxylic acids is 1. The number of anilines is 1. The number of halogens is 1. The third kappa shape index (κ3) is 4.67. The van der Waals surface area contributed by atoms with E-state index in [1.807, 2.05) is 30.3 Å². The summed E-state index contributed by atoms with van der Waals surface area (Å²) < 4.78 is 0.622. The van der Waals surface area contributed by atoms with Gasteiger partial charge in [0.1, 0.15) is 4.32 Å². The Morgan fingerprint density at radius 1 is 1.07 bits per heavy atom. The monoisotopic (exact) mass is 443 g/mol. The second-order valence-corrected chi connectivity index (χ2v) is 9.31. The number of thiocarbonyl (C=S) groups is 1. The van der Waals surface area contributed by atoms with E-state index in [0.717, 1.165) is 31.7 Å². The van der Waals surface area contributed by atoms with Gasteiger partial charge in [0.25, 0.3) is 5.91 Å². The molecule has 0 spiro atoms. The van der Waals surface area contributed by atoms with Crippen molar-refractivity contribution in [3.8, 4) is 0 Å². The molecule has 2 fully saturated rings. The Hall–Kier alpha value is -1.86. The summed E-state index contributed by atoms with van der Waals surface area (Å²) in [4.78, 5) is 20.0. The summed E-state index contributed by atoms with van der Waals surface area (Å²) in [6, 6.07) is 15.9. The first-order valence-corrected chi connectivity index (χ1v) is 11.2. The SMILES string of the molecule is Cc1ccccc1N1CCN(CN2C(=O)/C(=C\c3ccc(Cl)cc3)SC2=S)CC1. The second-order valence-electron chi connectivity index (χ2n) is 7.19. The van der Waals surface area contributed by atoms with Crippen molar-refractivity contribution < 1.29 is 4.79 Å². The normalized spacial score (nSPS) is 19.4. The van der Waals surface area contributed by atoms with Gasteiger partial charge in [0.15, 0.2) is 0 Å². The third-order valence-electron chi connectivity index (χ3n) is 5.21. The summed E-state index contributed by atoms with van der Waals surface area (Å²) in [5.41, 5.74) is 3.54. The van der Waals surface area contributed by atoms with Gasteiger partial charge in [0.05, 0.1) is 11.6 Å². The van der Waals surface area contributed by atoms with Crippen LogP contribution in [-0.4, -0.2) is 52.9 Å². The molecule has 4 rings (SSSR count). The molecule has 0 aromatic heterocycles. The number of benzene rings is 2. The summed E-state index contributed by atoms with van der Waals surface area (Å²) in [6.45, 7) is 6.39. The first-order valence-electron chi connectivity index (χ1n) is 9.55. The zero-order valence-corrected chi connectivity index (χ0v) is 18.6. The number of piperazine rings is 1. The zero-order chi connectivity index (χ0) is 20.4. The van der Waals surface area contributed by atoms with Gasteiger partial charge in [-0.2, -0.15) is 0 Å². The number of hydrogen-bond acceptors (Lipinski definition) is 5. The number of hydrogen-bond donors (Lipinski definition) is 0. The van der Waals surface area contributed by atoms with Crippen LogP contribution in [0.15, 0.2) is 53.4 Å². The van der Waals surface area contributed by atoms with Crippen LogP contribution in [0.5, 0.6) is 0 Å². The second kappa shape index (κ2) is 8.88. The average Bonchev–Trinajstić information content (AvgIpc) is 2.98. The summed E-state index contributed by atoms with van der Waals surface area (Å²) in [5, 5.41) is 0.680. The number of thioether (sulfide) groups is 1. The molecule has 0 N–H and O–H groups in total. The van der Waals surface area contributed by atoms with Gasteiger partial charge < -0.3 is 4.90 Å². The Morgan fingerprint density at radius 2 is 1.76 bits per heavy atom. The Balaban J connectivity index is 1.38. The van der Waals surface area contributed by atoms with E-state index in [1.54, 1.807) is 4.90 Å². The van der Waals surface area contributed by atoms with E-state index in [1.165, 1.54) is 23.0 Å². The Bertz CT molecular complexity index is 953. The van der Waals surface area contributed by atoms with Crippen molar-refractivity contribution in [1.82, 2.24) is 9.80 Å². The molecule has 2 aromatic carbocycles. The molecular formula is C22H22ClN3OS2. The lowest BCUT2D eigenvalue weighted by Gasteiger charge is -2.38. The van der Waals surface area contributed by atoms with E-state index in [9.17, 15) is 4.79 Å². The number of amides is 1. The molecule has 0 bridgehead atoms. The van der Waals surface area contributed by atoms with Gasteiger partial charge in [0, 0.05) is 36.9 Å². The zero-order valence-electron chi connectivity index (χ0n) is 16.2. The summed E-state index contributed by atoms with van der Waals surface area (Å²) in [7, 11) is 0. The van der Waals surface area contributed by atoms with Gasteiger partial charge in [-0.1, -0.05) is 65.9 Å². The van der Waals surface area contributed by atoms with Gasteiger partial charge in [0.2, 0.25) is 0 Å². The maximum absolute atomic E-state index is 12.9. The Kier molecular flexibility index (Phi) is 6.25. The van der Waals surface area contributed by atoms with Crippen LogP contribution < -0.4 is 4.90 Å². The lowest BCUT2D eigenvalue weighted by atomic mass is 10.1. The molecule has 7 heteroatoms. The van der Waals surface area contributed by atoms with Crippen molar-refractivity contribution >= 4 is 57.6 Å². The fraction of sp³-hybridized carbons (Fsp3) is 0.273. The number of carbonyl (C=O) groups is 1. The van der Waals surface area contributed by atoms with E-state index >= 15 is 0 Å². The maximum atomic E-state index is 12.9. The molecule has 2 heterocycles. The molecule has 2 aliphatic rings. The molecule has 2 saturated heterocycles. The van der Waals surface area contributed by atoms with E-state index < -0.39 is 0 Å². The molecule has 0 saturated carbocycles. The summed E-state index contributed by atoms with van der Waals surface area (Å²) >= 11 is 12.8. The minimum atomic E-state index is -0.0173. The summed E-state index contributed by atoms with van der Waals surface area (Å²) in [6.07, 6.45) is 1.88. The van der Waals surface area contributed by atoms with Crippen molar-refractivity contribution in [2.75, 3.05) is 37.7 Å². The highest BCUT2D eigenvalue weighted by molar-refractivity contribution is 8.26. The van der Waals surface area contributed by atoms with Crippen LogP contribution in [-0.2, 0) is 4.79 Å². The molecule has 150 valence electrons. The van der Waals surface area contributed by atoms with Crippen LogP contribution in [0.1, 0.15) is 11.1 Å². The highest BCUT2D eigenvalue weighted by Crippen LogP contribution is 2.33. The highest BCUT2D eigenvalue weighted by Gasteiger charge is 2.33. The molecule has 2 aliphatic heterocycles. The van der Waals surface area contributed by atoms with E-state index in [-0.39, 0.29) is 5.91 Å². The van der Waals surface area contributed by atoms with Crippen LogP contribution in [0.2, 0.25) is 5.02 Å². The van der Waals surface area contributed by atoms with E-state index in [4.69, 9.17) is 23.8 Å². The van der Waals surface area contributed by atoms with Gasteiger partial charge in [-0.05, 0) is 42.3 Å². The molecule has 0 unspecified atom stereocenters. The highest BCUT2D eigenvalue weighted by atomic mass is 35.5. The Morgan fingerprint density at radius 3 is 2.45 bits per heavy atom. The third-order valence-corrected chi connectivity index (χ3v) is 6.84. The topological polar surface area (TPSA) is 26.8 Å². The lowest BCUT2D eigenvalue weighted by molar-refractivity contribution is -0.123. The minimum Gasteiger partial charge on any atom is -0.369 e. The van der Waals surface area contributed by atoms with Crippen LogP contribution in [0.25, 0.3) is 6.08 Å². The van der Waals surface area contributed by atoms with Crippen LogP contribution >= 0.6 is 35.6 Å². The van der Waals surface area contributed by atoms with E-state index in [2.05, 4.69) is 41.0 Å². The fourth-order valence-electron chi connectivity index (χ4n) is 3.58. The Labute approximate surface area is 186 Å². The lowest BCUT2D eigenvalue weighted by Crippen LogP contribution is -2.51. The largest absolute Gasteiger partial charge is 0.369 e. The predicted molar refractivity (Wildman–Crippen MR) is 126 cm³/mol. The maximum Gasteiger partial charge on any atom is 0.267 e. The smallest absolute Gasteiger partial charge is 0.267 e. The van der Waals surface area contributed by atoms with Gasteiger partial charge >= 0.3 is 0 Å². The van der Waals surface area contributed by atoms with Crippen molar-refractivity contribution in [2.45, 2.75) is 6.92 Å². The number of nitrogens with zero attached hydrogens (tertiary/aromatic N) is 3. The standard InChI is InChI=1S/C22H22ClN3OS2/c1-16-4-2-3-5-19(16)25-12-10-24(11-13-25)15-26-21(27)20(29-22(26)28)14-17-6-8-18(23)9-7-17/h2-9,14H,10-13,15H2,1H3/b20-14+. The first kappa shape index (κ1) is 20.4. The summed E-state index contributed by atoms with van der Waals surface area (Å²) in [5.74, 6) is -0.0173.